The first kappa shape index (κ1) is 22.3. The third-order valence-corrected chi connectivity index (χ3v) is 6.15. The highest BCUT2D eigenvalue weighted by molar-refractivity contribution is 7.98. The Bertz CT molecular complexity index is 1080. The van der Waals surface area contributed by atoms with Gasteiger partial charge in [0.2, 0.25) is 0 Å². The van der Waals surface area contributed by atoms with Crippen LogP contribution in [0.5, 0.6) is 11.5 Å². The molecule has 1 aliphatic carbocycles. The number of carbonyl (C=O) groups is 1. The maximum absolute atomic E-state index is 13.2. The Balaban J connectivity index is 1.64. The first-order chi connectivity index (χ1) is 15.5. The molecule has 2 aromatic carbocycles. The van der Waals surface area contributed by atoms with Crippen LogP contribution in [-0.4, -0.2) is 28.9 Å². The van der Waals surface area contributed by atoms with Crippen LogP contribution in [-0.2, 0) is 4.79 Å². The number of pyridine rings is 1. The second-order valence-electron chi connectivity index (χ2n) is 8.10. The second kappa shape index (κ2) is 10.1. The summed E-state index contributed by atoms with van der Waals surface area (Å²) in [4.78, 5) is 17.4. The number of rotatable bonds is 10. The van der Waals surface area contributed by atoms with Crippen LogP contribution in [0.25, 0.3) is 10.8 Å². The van der Waals surface area contributed by atoms with E-state index in [-0.39, 0.29) is 12.0 Å². The molecule has 1 unspecified atom stereocenters. The summed E-state index contributed by atoms with van der Waals surface area (Å²) in [7, 11) is 0. The standard InChI is InChI=1S/C25H29N3O3S/c1-4-30-23-14-18(6-10-22(23)31-16(2)3)24(25(29)28-32-21-8-9-21)27-20-7-5-19-15-26-12-11-17(19)13-20/h5-7,10-16,21,24,27H,4,8-9H2,1-3H3,(H,28,29). The fourth-order valence-corrected chi connectivity index (χ4v) is 4.12. The van der Waals surface area contributed by atoms with E-state index in [2.05, 4.69) is 15.0 Å². The van der Waals surface area contributed by atoms with Crippen molar-refractivity contribution >= 4 is 34.3 Å². The highest BCUT2D eigenvalue weighted by atomic mass is 32.2. The fraction of sp³-hybridized carbons (Fsp3) is 0.360. The van der Waals surface area contributed by atoms with Crippen LogP contribution >= 0.6 is 11.9 Å². The van der Waals surface area contributed by atoms with E-state index in [1.807, 2.05) is 69.4 Å². The van der Waals surface area contributed by atoms with Gasteiger partial charge in [-0.05, 0) is 86.8 Å². The average molecular weight is 452 g/mol. The summed E-state index contributed by atoms with van der Waals surface area (Å²) in [6, 6.07) is 13.1. The number of benzene rings is 2. The predicted molar refractivity (Wildman–Crippen MR) is 130 cm³/mol. The van der Waals surface area contributed by atoms with Gasteiger partial charge in [-0.15, -0.1) is 0 Å². The molecule has 0 spiro atoms. The van der Waals surface area contributed by atoms with Crippen molar-refractivity contribution in [1.82, 2.24) is 9.71 Å². The van der Waals surface area contributed by atoms with Crippen LogP contribution < -0.4 is 19.5 Å². The van der Waals surface area contributed by atoms with Gasteiger partial charge in [0.15, 0.2) is 11.5 Å². The lowest BCUT2D eigenvalue weighted by atomic mass is 10.0. The molecule has 2 N–H and O–H groups in total. The van der Waals surface area contributed by atoms with E-state index in [0.29, 0.717) is 23.4 Å². The monoisotopic (exact) mass is 451 g/mol. The molecule has 0 bridgehead atoms. The third kappa shape index (κ3) is 5.65. The summed E-state index contributed by atoms with van der Waals surface area (Å²) < 4.78 is 14.8. The number of hydrogen-bond acceptors (Lipinski definition) is 6. The zero-order valence-corrected chi connectivity index (χ0v) is 19.4. The fourth-order valence-electron chi connectivity index (χ4n) is 3.35. The van der Waals surface area contributed by atoms with Gasteiger partial charge < -0.3 is 14.8 Å². The Morgan fingerprint density at radius 3 is 2.72 bits per heavy atom. The number of nitrogens with zero attached hydrogens (tertiary/aromatic N) is 1. The van der Waals surface area contributed by atoms with E-state index in [1.54, 1.807) is 6.20 Å². The lowest BCUT2D eigenvalue weighted by molar-refractivity contribution is -0.120. The van der Waals surface area contributed by atoms with E-state index < -0.39 is 6.04 Å². The molecule has 32 heavy (non-hydrogen) atoms. The van der Waals surface area contributed by atoms with Gasteiger partial charge in [-0.3, -0.25) is 14.5 Å². The lowest BCUT2D eigenvalue weighted by Crippen LogP contribution is -2.30. The summed E-state index contributed by atoms with van der Waals surface area (Å²) in [5, 5.41) is 6.06. The molecule has 3 aromatic rings. The SMILES string of the molecule is CCOc1cc(C(Nc2ccc3cnccc3c2)C(=O)NSC2CC2)ccc1OC(C)C. The first-order valence-corrected chi connectivity index (χ1v) is 11.9. The van der Waals surface area contributed by atoms with Crippen LogP contribution in [0.3, 0.4) is 0 Å². The van der Waals surface area contributed by atoms with Gasteiger partial charge in [-0.2, -0.15) is 0 Å². The van der Waals surface area contributed by atoms with Gasteiger partial charge >= 0.3 is 0 Å². The van der Waals surface area contributed by atoms with Crippen molar-refractivity contribution < 1.29 is 14.3 Å². The minimum absolute atomic E-state index is 0.0271. The zero-order chi connectivity index (χ0) is 22.5. The summed E-state index contributed by atoms with van der Waals surface area (Å²) in [5.41, 5.74) is 1.68. The molecule has 1 atom stereocenters. The highest BCUT2D eigenvalue weighted by Crippen LogP contribution is 2.35. The second-order valence-corrected chi connectivity index (χ2v) is 9.21. The van der Waals surface area contributed by atoms with Gasteiger partial charge in [0.25, 0.3) is 5.91 Å². The van der Waals surface area contributed by atoms with Gasteiger partial charge in [0.05, 0.1) is 12.7 Å². The number of carbonyl (C=O) groups excluding carboxylic acids is 1. The first-order valence-electron chi connectivity index (χ1n) is 11.0. The van der Waals surface area contributed by atoms with Crippen molar-refractivity contribution in [3.05, 3.63) is 60.4 Å². The maximum Gasteiger partial charge on any atom is 0.256 e. The summed E-state index contributed by atoms with van der Waals surface area (Å²) in [6.07, 6.45) is 5.93. The average Bonchev–Trinajstić information content (AvgIpc) is 3.61. The van der Waals surface area contributed by atoms with Crippen LogP contribution in [0.2, 0.25) is 0 Å². The van der Waals surface area contributed by atoms with Crippen molar-refractivity contribution in [3.8, 4) is 11.5 Å². The summed E-state index contributed by atoms with van der Waals surface area (Å²) in [5.74, 6) is 1.23. The molecule has 0 radical (unpaired) electrons. The van der Waals surface area contributed by atoms with Crippen LogP contribution in [0.15, 0.2) is 54.9 Å². The molecule has 4 rings (SSSR count). The molecule has 1 aromatic heterocycles. The minimum atomic E-state index is -0.576. The molecule has 0 saturated heterocycles. The van der Waals surface area contributed by atoms with E-state index in [4.69, 9.17) is 9.47 Å². The molecular formula is C25H29N3O3S. The minimum Gasteiger partial charge on any atom is -0.490 e. The zero-order valence-electron chi connectivity index (χ0n) is 18.6. The molecule has 6 nitrogen and oxygen atoms in total. The number of amides is 1. The van der Waals surface area contributed by atoms with Crippen molar-refractivity contribution in [2.45, 2.75) is 51.0 Å². The van der Waals surface area contributed by atoms with Crippen molar-refractivity contribution in [1.29, 1.82) is 0 Å². The predicted octanol–water partition coefficient (Wildman–Crippen LogP) is 5.50. The van der Waals surface area contributed by atoms with Crippen molar-refractivity contribution in [3.63, 3.8) is 0 Å². The van der Waals surface area contributed by atoms with E-state index in [9.17, 15) is 4.79 Å². The van der Waals surface area contributed by atoms with E-state index >= 15 is 0 Å². The molecule has 1 amide bonds. The molecular weight excluding hydrogens is 422 g/mol. The van der Waals surface area contributed by atoms with Crippen LogP contribution in [0.1, 0.15) is 45.2 Å². The van der Waals surface area contributed by atoms with Crippen molar-refractivity contribution in [2.24, 2.45) is 0 Å². The van der Waals surface area contributed by atoms with Crippen LogP contribution in [0, 0.1) is 0 Å². The third-order valence-electron chi connectivity index (χ3n) is 5.03. The topological polar surface area (TPSA) is 72.5 Å². The molecule has 1 saturated carbocycles. The number of aromatic nitrogens is 1. The Morgan fingerprint density at radius 2 is 1.97 bits per heavy atom. The maximum atomic E-state index is 13.2. The van der Waals surface area contributed by atoms with E-state index in [0.717, 1.165) is 34.9 Å². The van der Waals surface area contributed by atoms with Crippen LogP contribution in [0.4, 0.5) is 5.69 Å². The van der Waals surface area contributed by atoms with Gasteiger partial charge in [0, 0.05) is 28.7 Å². The van der Waals surface area contributed by atoms with Gasteiger partial charge in [-0.1, -0.05) is 12.1 Å². The molecule has 0 aliphatic heterocycles. The van der Waals surface area contributed by atoms with E-state index in [1.165, 1.54) is 11.9 Å². The highest BCUT2D eigenvalue weighted by Gasteiger charge is 2.27. The molecule has 168 valence electrons. The Hall–Kier alpha value is -2.93. The molecule has 1 heterocycles. The quantitative estimate of drug-likeness (QED) is 0.397. The smallest absolute Gasteiger partial charge is 0.256 e. The normalized spacial score (nSPS) is 14.2. The Kier molecular flexibility index (Phi) is 7.05. The Labute approximate surface area is 193 Å². The van der Waals surface area contributed by atoms with Crippen molar-refractivity contribution in [2.75, 3.05) is 11.9 Å². The number of fused-ring (bicyclic) bond motifs is 1. The largest absolute Gasteiger partial charge is 0.490 e. The number of hydrogen-bond donors (Lipinski definition) is 2. The molecule has 1 aliphatic rings. The number of anilines is 1. The number of nitrogens with one attached hydrogen (secondary N) is 2. The summed E-state index contributed by atoms with van der Waals surface area (Å²) >= 11 is 1.51. The number of ether oxygens (including phenoxy) is 2. The Morgan fingerprint density at radius 1 is 1.12 bits per heavy atom. The summed E-state index contributed by atoms with van der Waals surface area (Å²) in [6.45, 7) is 6.40. The molecule has 7 heteroatoms. The lowest BCUT2D eigenvalue weighted by Gasteiger charge is -2.22. The van der Waals surface area contributed by atoms with Gasteiger partial charge in [-0.25, -0.2) is 0 Å². The molecule has 1 fully saturated rings. The van der Waals surface area contributed by atoms with Gasteiger partial charge in [0.1, 0.15) is 6.04 Å².